The average Bonchev–Trinajstić information content (AvgIpc) is 3.16. The number of rotatable bonds is 5. The van der Waals surface area contributed by atoms with Gasteiger partial charge in [0.15, 0.2) is 5.82 Å². The molecular weight excluding hydrogens is 312 g/mol. The summed E-state index contributed by atoms with van der Waals surface area (Å²) in [5.74, 6) is 0.584. The second-order valence-electron chi connectivity index (χ2n) is 4.98. The minimum atomic E-state index is -0.0949. The van der Waals surface area contributed by atoms with Gasteiger partial charge in [-0.2, -0.15) is 0 Å². The Balaban J connectivity index is 1.74. The molecule has 3 aromatic rings. The van der Waals surface area contributed by atoms with Gasteiger partial charge in [-0.25, -0.2) is 9.67 Å². The van der Waals surface area contributed by atoms with Crippen LogP contribution in [-0.4, -0.2) is 31.1 Å². The molecule has 118 valence electrons. The van der Waals surface area contributed by atoms with E-state index in [1.54, 1.807) is 16.0 Å². The first-order valence-corrected chi connectivity index (χ1v) is 8.11. The summed E-state index contributed by atoms with van der Waals surface area (Å²) in [4.78, 5) is 16.4. The number of benzene rings is 1. The standard InChI is InChI=1S/C15H16N6OS/c1-3-21-15(18-19-20-21)11-5-4-6-12(7-11)17-14(22)8-13-9-23-10(2)16-13/h4-7,9H,3,8H2,1-2H3,(H,17,22). The first-order chi connectivity index (χ1) is 11.2. The number of aromatic nitrogens is 5. The van der Waals surface area contributed by atoms with E-state index in [1.165, 1.54) is 0 Å². The van der Waals surface area contributed by atoms with Gasteiger partial charge in [-0.1, -0.05) is 12.1 Å². The number of anilines is 1. The lowest BCUT2D eigenvalue weighted by atomic mass is 10.2. The molecule has 7 nitrogen and oxygen atoms in total. The van der Waals surface area contributed by atoms with Crippen molar-refractivity contribution in [2.75, 3.05) is 5.32 Å². The molecule has 1 aromatic carbocycles. The van der Waals surface area contributed by atoms with Crippen molar-refractivity contribution in [1.29, 1.82) is 0 Å². The molecule has 3 rings (SSSR count). The van der Waals surface area contributed by atoms with Crippen LogP contribution in [0.5, 0.6) is 0 Å². The summed E-state index contributed by atoms with van der Waals surface area (Å²) in [7, 11) is 0. The van der Waals surface area contributed by atoms with Gasteiger partial charge in [0.25, 0.3) is 0 Å². The lowest BCUT2D eigenvalue weighted by Crippen LogP contribution is -2.14. The number of carbonyl (C=O) groups excluding carboxylic acids is 1. The molecule has 8 heteroatoms. The minimum absolute atomic E-state index is 0.0949. The highest BCUT2D eigenvalue weighted by Gasteiger charge is 2.10. The van der Waals surface area contributed by atoms with Crippen molar-refractivity contribution in [3.8, 4) is 11.4 Å². The molecule has 2 aromatic heterocycles. The monoisotopic (exact) mass is 328 g/mol. The second kappa shape index (κ2) is 6.66. The van der Waals surface area contributed by atoms with Crippen molar-refractivity contribution in [2.24, 2.45) is 0 Å². The summed E-state index contributed by atoms with van der Waals surface area (Å²) in [6.45, 7) is 4.58. The number of aryl methyl sites for hydroxylation is 2. The van der Waals surface area contributed by atoms with E-state index in [4.69, 9.17) is 0 Å². The molecule has 0 fully saturated rings. The van der Waals surface area contributed by atoms with E-state index in [0.29, 0.717) is 18.1 Å². The van der Waals surface area contributed by atoms with Gasteiger partial charge in [-0.15, -0.1) is 16.4 Å². The third-order valence-electron chi connectivity index (χ3n) is 3.24. The van der Waals surface area contributed by atoms with Crippen LogP contribution in [0, 0.1) is 6.92 Å². The Morgan fingerprint density at radius 1 is 1.39 bits per heavy atom. The smallest absolute Gasteiger partial charge is 0.230 e. The Kier molecular flexibility index (Phi) is 4.42. The highest BCUT2D eigenvalue weighted by Crippen LogP contribution is 2.20. The SMILES string of the molecule is CCn1nnnc1-c1cccc(NC(=O)Cc2csc(C)n2)c1. The summed E-state index contributed by atoms with van der Waals surface area (Å²) in [6.07, 6.45) is 0.265. The summed E-state index contributed by atoms with van der Waals surface area (Å²) < 4.78 is 1.71. The molecule has 1 N–H and O–H groups in total. The van der Waals surface area contributed by atoms with Gasteiger partial charge in [0.05, 0.1) is 17.1 Å². The van der Waals surface area contributed by atoms with Crippen LogP contribution in [-0.2, 0) is 17.8 Å². The predicted molar refractivity (Wildman–Crippen MR) is 88.1 cm³/mol. The van der Waals surface area contributed by atoms with Crippen molar-refractivity contribution in [3.63, 3.8) is 0 Å². The maximum Gasteiger partial charge on any atom is 0.230 e. The van der Waals surface area contributed by atoms with Gasteiger partial charge in [0.1, 0.15) is 0 Å². The highest BCUT2D eigenvalue weighted by atomic mass is 32.1. The molecule has 1 amide bonds. The fourth-order valence-electron chi connectivity index (χ4n) is 2.22. The first kappa shape index (κ1) is 15.3. The molecular formula is C15H16N6OS. The van der Waals surface area contributed by atoms with Crippen molar-refractivity contribution in [3.05, 3.63) is 40.3 Å². The topological polar surface area (TPSA) is 85.6 Å². The molecule has 0 spiro atoms. The maximum atomic E-state index is 12.1. The van der Waals surface area contributed by atoms with Crippen molar-refractivity contribution in [1.82, 2.24) is 25.2 Å². The predicted octanol–water partition coefficient (Wildman–Crippen LogP) is 2.31. The molecule has 0 radical (unpaired) electrons. The van der Waals surface area contributed by atoms with Crippen LogP contribution in [0.1, 0.15) is 17.6 Å². The molecule has 0 saturated carbocycles. The zero-order valence-electron chi connectivity index (χ0n) is 12.9. The Morgan fingerprint density at radius 2 is 2.26 bits per heavy atom. The summed E-state index contributed by atoms with van der Waals surface area (Å²) in [5, 5.41) is 17.4. The fraction of sp³-hybridized carbons (Fsp3) is 0.267. The molecule has 0 saturated heterocycles. The normalized spacial score (nSPS) is 10.7. The molecule has 0 unspecified atom stereocenters. The van der Waals surface area contributed by atoms with Crippen molar-refractivity contribution >= 4 is 22.9 Å². The molecule has 0 atom stereocenters. The Bertz CT molecular complexity index is 825. The van der Waals surface area contributed by atoms with Crippen LogP contribution < -0.4 is 5.32 Å². The van der Waals surface area contributed by atoms with Gasteiger partial charge in [0.2, 0.25) is 5.91 Å². The number of amides is 1. The molecule has 0 aliphatic rings. The van der Waals surface area contributed by atoms with E-state index in [2.05, 4.69) is 25.8 Å². The molecule has 0 bridgehead atoms. The summed E-state index contributed by atoms with van der Waals surface area (Å²) in [6, 6.07) is 7.49. The van der Waals surface area contributed by atoms with E-state index in [9.17, 15) is 4.79 Å². The number of tetrazole rings is 1. The number of hydrogen-bond acceptors (Lipinski definition) is 6. The zero-order chi connectivity index (χ0) is 16.2. The lowest BCUT2D eigenvalue weighted by Gasteiger charge is -2.07. The number of thiazole rings is 1. The number of nitrogens with one attached hydrogen (secondary N) is 1. The fourth-order valence-corrected chi connectivity index (χ4v) is 2.83. The Labute approximate surface area is 137 Å². The largest absolute Gasteiger partial charge is 0.326 e. The Morgan fingerprint density at radius 3 is 3.00 bits per heavy atom. The number of carbonyl (C=O) groups is 1. The van der Waals surface area contributed by atoms with Gasteiger partial charge in [0, 0.05) is 23.2 Å². The quantitative estimate of drug-likeness (QED) is 0.777. The van der Waals surface area contributed by atoms with Gasteiger partial charge in [-0.05, 0) is 36.4 Å². The highest BCUT2D eigenvalue weighted by molar-refractivity contribution is 7.09. The van der Waals surface area contributed by atoms with Crippen LogP contribution in [0.4, 0.5) is 5.69 Å². The number of nitrogens with zero attached hydrogens (tertiary/aromatic N) is 5. The molecule has 23 heavy (non-hydrogen) atoms. The second-order valence-corrected chi connectivity index (χ2v) is 6.04. The van der Waals surface area contributed by atoms with E-state index in [1.807, 2.05) is 43.5 Å². The van der Waals surface area contributed by atoms with Crippen LogP contribution >= 0.6 is 11.3 Å². The third-order valence-corrected chi connectivity index (χ3v) is 4.07. The van der Waals surface area contributed by atoms with Crippen LogP contribution in [0.2, 0.25) is 0 Å². The van der Waals surface area contributed by atoms with Crippen LogP contribution in [0.15, 0.2) is 29.6 Å². The average molecular weight is 328 g/mol. The van der Waals surface area contributed by atoms with Gasteiger partial charge < -0.3 is 5.32 Å². The molecule has 0 aliphatic heterocycles. The first-order valence-electron chi connectivity index (χ1n) is 7.23. The lowest BCUT2D eigenvalue weighted by molar-refractivity contribution is -0.115. The zero-order valence-corrected chi connectivity index (χ0v) is 13.7. The third kappa shape index (κ3) is 3.59. The summed E-state index contributed by atoms with van der Waals surface area (Å²) in [5.41, 5.74) is 2.36. The van der Waals surface area contributed by atoms with E-state index < -0.39 is 0 Å². The van der Waals surface area contributed by atoms with Crippen LogP contribution in [0.25, 0.3) is 11.4 Å². The van der Waals surface area contributed by atoms with Crippen LogP contribution in [0.3, 0.4) is 0 Å². The van der Waals surface area contributed by atoms with E-state index in [0.717, 1.165) is 16.3 Å². The van der Waals surface area contributed by atoms with Crippen molar-refractivity contribution < 1.29 is 4.79 Å². The van der Waals surface area contributed by atoms with E-state index >= 15 is 0 Å². The molecule has 2 heterocycles. The maximum absolute atomic E-state index is 12.1. The minimum Gasteiger partial charge on any atom is -0.326 e. The number of hydrogen-bond donors (Lipinski definition) is 1. The van der Waals surface area contributed by atoms with Crippen molar-refractivity contribution in [2.45, 2.75) is 26.8 Å². The Hall–Kier alpha value is -2.61. The summed E-state index contributed by atoms with van der Waals surface area (Å²) >= 11 is 1.54. The molecule has 0 aliphatic carbocycles. The van der Waals surface area contributed by atoms with Gasteiger partial charge >= 0.3 is 0 Å². The van der Waals surface area contributed by atoms with E-state index in [-0.39, 0.29) is 12.3 Å². The van der Waals surface area contributed by atoms with Gasteiger partial charge in [-0.3, -0.25) is 4.79 Å².